The van der Waals surface area contributed by atoms with Gasteiger partial charge in [0.05, 0.1) is 18.1 Å². The number of carbonyl (C=O) groups is 2. The highest BCUT2D eigenvalue weighted by Crippen LogP contribution is 2.24. The molecule has 8 heteroatoms. The highest BCUT2D eigenvalue weighted by Gasteiger charge is 2.38. The van der Waals surface area contributed by atoms with E-state index in [1.54, 1.807) is 6.07 Å². The molecule has 1 fully saturated rings. The molecule has 2 aromatic rings. The molecule has 0 bridgehead atoms. The van der Waals surface area contributed by atoms with Gasteiger partial charge in [-0.05, 0) is 12.5 Å². The van der Waals surface area contributed by atoms with Gasteiger partial charge in [-0.3, -0.25) is 19.5 Å². The van der Waals surface area contributed by atoms with Crippen LogP contribution < -0.4 is 10.2 Å². The van der Waals surface area contributed by atoms with Crippen molar-refractivity contribution < 1.29 is 14.0 Å². The van der Waals surface area contributed by atoms with E-state index in [4.69, 9.17) is 0 Å². The van der Waals surface area contributed by atoms with Crippen molar-refractivity contribution in [2.45, 2.75) is 18.9 Å². The minimum atomic E-state index is -0.724. The summed E-state index contributed by atoms with van der Waals surface area (Å²) in [5, 5.41) is 2.55. The van der Waals surface area contributed by atoms with E-state index in [0.29, 0.717) is 6.42 Å². The van der Waals surface area contributed by atoms with Crippen molar-refractivity contribution in [3.05, 3.63) is 42.7 Å². The van der Waals surface area contributed by atoms with Gasteiger partial charge < -0.3 is 5.32 Å². The summed E-state index contributed by atoms with van der Waals surface area (Å²) in [7, 11) is 0. The standard InChI is InChI=1S/C14H12FN5O2/c15-9-6-10(8-16-7-9)19-13(22)11-2-3-12(21)20(11)14-17-4-1-5-18-14/h1,4-8,11H,2-3H2,(H,19,22). The van der Waals surface area contributed by atoms with Crippen LogP contribution in [0, 0.1) is 5.82 Å². The number of pyridine rings is 1. The molecule has 1 unspecified atom stereocenters. The van der Waals surface area contributed by atoms with E-state index in [1.165, 1.54) is 23.5 Å². The number of rotatable bonds is 3. The summed E-state index contributed by atoms with van der Waals surface area (Å²) in [5.41, 5.74) is 0.235. The smallest absolute Gasteiger partial charge is 0.247 e. The minimum Gasteiger partial charge on any atom is -0.323 e. The van der Waals surface area contributed by atoms with Gasteiger partial charge in [-0.25, -0.2) is 14.4 Å². The Morgan fingerprint density at radius 3 is 2.82 bits per heavy atom. The molecule has 1 saturated heterocycles. The van der Waals surface area contributed by atoms with Crippen LogP contribution in [0.3, 0.4) is 0 Å². The zero-order chi connectivity index (χ0) is 15.5. The molecule has 1 aliphatic rings. The third-order valence-corrected chi connectivity index (χ3v) is 3.25. The van der Waals surface area contributed by atoms with Gasteiger partial charge in [-0.2, -0.15) is 0 Å². The van der Waals surface area contributed by atoms with Crippen LogP contribution in [0.5, 0.6) is 0 Å². The van der Waals surface area contributed by atoms with Gasteiger partial charge in [0.15, 0.2) is 0 Å². The van der Waals surface area contributed by atoms with Gasteiger partial charge in [-0.15, -0.1) is 0 Å². The maximum absolute atomic E-state index is 13.1. The number of carbonyl (C=O) groups excluding carboxylic acids is 2. The molecule has 7 nitrogen and oxygen atoms in total. The van der Waals surface area contributed by atoms with Crippen LogP contribution in [0.1, 0.15) is 12.8 Å². The van der Waals surface area contributed by atoms with E-state index in [2.05, 4.69) is 20.3 Å². The van der Waals surface area contributed by atoms with Gasteiger partial charge in [0, 0.05) is 24.9 Å². The van der Waals surface area contributed by atoms with E-state index < -0.39 is 17.8 Å². The number of aromatic nitrogens is 3. The lowest BCUT2D eigenvalue weighted by Crippen LogP contribution is -2.42. The van der Waals surface area contributed by atoms with Crippen LogP contribution in [0.4, 0.5) is 16.0 Å². The number of hydrogen-bond donors (Lipinski definition) is 1. The van der Waals surface area contributed by atoms with Gasteiger partial charge in [0.1, 0.15) is 11.9 Å². The Kier molecular flexibility index (Phi) is 3.73. The van der Waals surface area contributed by atoms with Crippen LogP contribution in [-0.2, 0) is 9.59 Å². The molecule has 0 saturated carbocycles. The zero-order valence-electron chi connectivity index (χ0n) is 11.4. The highest BCUT2D eigenvalue weighted by atomic mass is 19.1. The van der Waals surface area contributed by atoms with E-state index in [1.807, 2.05) is 0 Å². The number of nitrogens with zero attached hydrogens (tertiary/aromatic N) is 4. The molecule has 0 spiro atoms. The van der Waals surface area contributed by atoms with Crippen molar-refractivity contribution >= 4 is 23.5 Å². The van der Waals surface area contributed by atoms with Crippen molar-refractivity contribution in [1.29, 1.82) is 0 Å². The minimum absolute atomic E-state index is 0.183. The molecule has 1 aliphatic heterocycles. The fourth-order valence-electron chi connectivity index (χ4n) is 2.30. The molecular formula is C14H12FN5O2. The maximum Gasteiger partial charge on any atom is 0.247 e. The summed E-state index contributed by atoms with van der Waals surface area (Å²) in [6, 6.07) is 2.06. The average molecular weight is 301 g/mol. The number of anilines is 2. The number of hydrogen-bond acceptors (Lipinski definition) is 5. The molecule has 1 N–H and O–H groups in total. The average Bonchev–Trinajstić information content (AvgIpc) is 2.90. The Hall–Kier alpha value is -2.90. The Balaban J connectivity index is 1.81. The zero-order valence-corrected chi connectivity index (χ0v) is 11.4. The van der Waals surface area contributed by atoms with Crippen LogP contribution in [-0.4, -0.2) is 32.8 Å². The van der Waals surface area contributed by atoms with Gasteiger partial charge in [0.25, 0.3) is 0 Å². The number of nitrogens with one attached hydrogen (secondary N) is 1. The molecule has 2 amide bonds. The first-order valence-corrected chi connectivity index (χ1v) is 6.65. The van der Waals surface area contributed by atoms with E-state index in [-0.39, 0.29) is 24.0 Å². The lowest BCUT2D eigenvalue weighted by molar-refractivity contribution is -0.120. The lowest BCUT2D eigenvalue weighted by Gasteiger charge is -2.21. The van der Waals surface area contributed by atoms with Crippen LogP contribution >= 0.6 is 0 Å². The molecule has 3 rings (SSSR count). The molecule has 0 aliphatic carbocycles. The molecule has 0 aromatic carbocycles. The topological polar surface area (TPSA) is 88.1 Å². The predicted octanol–water partition coefficient (Wildman–Crippen LogP) is 1.14. The second-order valence-electron chi connectivity index (χ2n) is 4.75. The number of halogens is 1. The third kappa shape index (κ3) is 2.76. The first kappa shape index (κ1) is 14.1. The fraction of sp³-hybridized carbons (Fsp3) is 0.214. The van der Waals surface area contributed by atoms with Gasteiger partial charge >= 0.3 is 0 Å². The fourth-order valence-corrected chi connectivity index (χ4v) is 2.30. The number of amides is 2. The van der Waals surface area contributed by atoms with E-state index in [9.17, 15) is 14.0 Å². The van der Waals surface area contributed by atoms with Crippen LogP contribution in [0.15, 0.2) is 36.9 Å². The summed E-state index contributed by atoms with van der Waals surface area (Å²) in [5.74, 6) is -1.01. The second kappa shape index (κ2) is 5.84. The Labute approximate surface area is 125 Å². The molecule has 22 heavy (non-hydrogen) atoms. The monoisotopic (exact) mass is 301 g/mol. The largest absolute Gasteiger partial charge is 0.323 e. The Morgan fingerprint density at radius 2 is 2.09 bits per heavy atom. The lowest BCUT2D eigenvalue weighted by atomic mass is 10.2. The normalized spacial score (nSPS) is 17.6. The summed E-state index contributed by atoms with van der Waals surface area (Å²) in [6.07, 6.45) is 5.96. The van der Waals surface area contributed by atoms with Crippen molar-refractivity contribution in [3.63, 3.8) is 0 Å². The van der Waals surface area contributed by atoms with E-state index in [0.717, 1.165) is 12.3 Å². The molecular weight excluding hydrogens is 289 g/mol. The summed E-state index contributed by atoms with van der Waals surface area (Å²) in [4.78, 5) is 37.3. The second-order valence-corrected chi connectivity index (χ2v) is 4.75. The molecule has 2 aromatic heterocycles. The molecule has 0 radical (unpaired) electrons. The molecule has 112 valence electrons. The summed E-state index contributed by atoms with van der Waals surface area (Å²) >= 11 is 0. The molecule has 3 heterocycles. The third-order valence-electron chi connectivity index (χ3n) is 3.25. The Morgan fingerprint density at radius 1 is 1.32 bits per heavy atom. The SMILES string of the molecule is O=C(Nc1cncc(F)c1)C1CCC(=O)N1c1ncccn1. The van der Waals surface area contributed by atoms with Crippen LogP contribution in [0.2, 0.25) is 0 Å². The first-order valence-electron chi connectivity index (χ1n) is 6.65. The first-order chi connectivity index (χ1) is 10.6. The Bertz CT molecular complexity index is 709. The van der Waals surface area contributed by atoms with Crippen molar-refractivity contribution in [3.8, 4) is 0 Å². The summed E-state index contributed by atoms with van der Waals surface area (Å²) < 4.78 is 13.1. The van der Waals surface area contributed by atoms with Crippen molar-refractivity contribution in [1.82, 2.24) is 15.0 Å². The van der Waals surface area contributed by atoms with Gasteiger partial charge in [-0.1, -0.05) is 0 Å². The summed E-state index contributed by atoms with van der Waals surface area (Å²) in [6.45, 7) is 0. The predicted molar refractivity (Wildman–Crippen MR) is 75.4 cm³/mol. The van der Waals surface area contributed by atoms with Crippen molar-refractivity contribution in [2.75, 3.05) is 10.2 Å². The quantitative estimate of drug-likeness (QED) is 0.918. The van der Waals surface area contributed by atoms with E-state index >= 15 is 0 Å². The maximum atomic E-state index is 13.1. The highest BCUT2D eigenvalue weighted by molar-refractivity contribution is 6.06. The van der Waals surface area contributed by atoms with Crippen molar-refractivity contribution in [2.24, 2.45) is 0 Å². The van der Waals surface area contributed by atoms with Gasteiger partial charge in [0.2, 0.25) is 17.8 Å². The van der Waals surface area contributed by atoms with Crippen LogP contribution in [0.25, 0.3) is 0 Å². The molecule has 1 atom stereocenters.